The maximum atomic E-state index is 10.8. The average Bonchev–Trinajstić information content (AvgIpc) is 2.25. The van der Waals surface area contributed by atoms with Gasteiger partial charge in [-0.3, -0.25) is 18.2 Å². The molecule has 0 fully saturated rings. The van der Waals surface area contributed by atoms with Crippen LogP contribution in [0.15, 0.2) is 0 Å². The molecule has 0 aliphatic rings. The Morgan fingerprint density at radius 1 is 0.542 bits per heavy atom. The fourth-order valence-electron chi connectivity index (χ4n) is 1.31. The van der Waals surface area contributed by atoms with E-state index >= 15 is 0 Å². The van der Waals surface area contributed by atoms with Gasteiger partial charge in [-0.15, -0.1) is 0 Å². The molecule has 0 saturated heterocycles. The van der Waals surface area contributed by atoms with Crippen LogP contribution in [0, 0.1) is 0 Å². The van der Waals surface area contributed by atoms with E-state index in [0.29, 0.717) is 0 Å². The lowest BCUT2D eigenvalue weighted by Crippen LogP contribution is -2.30. The average molecular weight is 471 g/mol. The Hall–Kier alpha value is 0.340. The van der Waals surface area contributed by atoms with Gasteiger partial charge < -0.3 is 0 Å². The predicted molar refractivity (Wildman–Crippen MR) is 87.9 cm³/mol. The summed E-state index contributed by atoms with van der Waals surface area (Å²) in [6.07, 6.45) is -1.37. The summed E-state index contributed by atoms with van der Waals surface area (Å²) in [4.78, 5) is 0. The molecule has 0 aliphatic carbocycles. The van der Waals surface area contributed by atoms with Gasteiger partial charge in [0.25, 0.3) is 40.5 Å². The van der Waals surface area contributed by atoms with E-state index in [9.17, 15) is 33.7 Å². The van der Waals surface area contributed by atoms with Crippen molar-refractivity contribution in [2.75, 3.05) is 11.5 Å². The highest BCUT2D eigenvalue weighted by molar-refractivity contribution is 8.76. The summed E-state index contributed by atoms with van der Waals surface area (Å²) >= 11 is 0. The fraction of sp³-hybridized carbons (Fsp3) is 1.00. The summed E-state index contributed by atoms with van der Waals surface area (Å²) < 4.78 is 116. The van der Waals surface area contributed by atoms with Gasteiger partial charge in [-0.1, -0.05) is 21.6 Å². The molecule has 0 radical (unpaired) electrons. The molecule has 0 rings (SSSR count). The molecule has 0 aromatic carbocycles. The third-order valence-electron chi connectivity index (χ3n) is 2.29. The molecular formula is C6H14O12S6. The second kappa shape index (κ2) is 8.82. The van der Waals surface area contributed by atoms with Crippen molar-refractivity contribution in [2.24, 2.45) is 0 Å². The molecule has 0 amide bonds. The lowest BCUT2D eigenvalue weighted by molar-refractivity contribution is 0.449. The van der Waals surface area contributed by atoms with Crippen LogP contribution in [0.4, 0.5) is 0 Å². The van der Waals surface area contributed by atoms with Gasteiger partial charge in [0.2, 0.25) is 9.16 Å². The first kappa shape index (κ1) is 24.3. The van der Waals surface area contributed by atoms with Gasteiger partial charge in [0.05, 0.1) is 0 Å². The molecule has 12 nitrogen and oxygen atoms in total. The Labute approximate surface area is 147 Å². The molecule has 4 N–H and O–H groups in total. The smallest absolute Gasteiger partial charge is 0.284 e. The summed E-state index contributed by atoms with van der Waals surface area (Å²) in [5.74, 6) is -0.450. The SMILES string of the molecule is O=S(=O)(O)C(CCSSCCC(S(=O)(=O)O)S(=O)(=O)O)S(=O)(=O)O. The Morgan fingerprint density at radius 3 is 0.917 bits per heavy atom. The minimum Gasteiger partial charge on any atom is -0.284 e. The molecule has 0 heterocycles. The van der Waals surface area contributed by atoms with Crippen molar-refractivity contribution >= 4 is 62.1 Å². The van der Waals surface area contributed by atoms with Crippen molar-refractivity contribution in [2.45, 2.75) is 22.0 Å². The molecule has 24 heavy (non-hydrogen) atoms. The lowest BCUT2D eigenvalue weighted by atomic mass is 10.6. The molecule has 0 unspecified atom stereocenters. The van der Waals surface area contributed by atoms with Gasteiger partial charge in [-0.05, 0) is 12.8 Å². The zero-order valence-corrected chi connectivity index (χ0v) is 16.4. The quantitative estimate of drug-likeness (QED) is 0.167. The first-order valence-corrected chi connectivity index (χ1v) is 14.1. The molecule has 18 heteroatoms. The summed E-state index contributed by atoms with van der Waals surface area (Å²) in [5.41, 5.74) is 0. The molecule has 0 aromatic heterocycles. The third kappa shape index (κ3) is 9.15. The zero-order valence-electron chi connectivity index (χ0n) is 11.5. The molecule has 146 valence electrons. The molecule has 0 bridgehead atoms. The van der Waals surface area contributed by atoms with Crippen LogP contribution >= 0.6 is 21.6 Å². The first-order chi connectivity index (χ1) is 10.5. The largest absolute Gasteiger partial charge is 0.284 e. The summed E-state index contributed by atoms with van der Waals surface area (Å²) in [6, 6.07) is 0. The van der Waals surface area contributed by atoms with Crippen LogP contribution in [0.3, 0.4) is 0 Å². The predicted octanol–water partition coefficient (Wildman–Crippen LogP) is -0.649. The second-order valence-electron chi connectivity index (χ2n) is 4.14. The summed E-state index contributed by atoms with van der Waals surface area (Å²) in [5, 5.41) is 0. The highest BCUT2D eigenvalue weighted by atomic mass is 33.1. The van der Waals surface area contributed by atoms with E-state index in [-0.39, 0.29) is 11.5 Å². The van der Waals surface area contributed by atoms with Crippen molar-refractivity contribution < 1.29 is 51.9 Å². The van der Waals surface area contributed by atoms with Crippen LogP contribution in [0.2, 0.25) is 0 Å². The molecular weight excluding hydrogens is 456 g/mol. The molecule has 0 atom stereocenters. The molecule has 0 spiro atoms. The van der Waals surface area contributed by atoms with Crippen LogP contribution in [0.25, 0.3) is 0 Å². The van der Waals surface area contributed by atoms with Gasteiger partial charge in [-0.2, -0.15) is 33.7 Å². The van der Waals surface area contributed by atoms with E-state index in [1.165, 1.54) is 0 Å². The van der Waals surface area contributed by atoms with Crippen molar-refractivity contribution in [3.63, 3.8) is 0 Å². The Balaban J connectivity index is 4.51. The maximum absolute atomic E-state index is 10.8. The Kier molecular flexibility index (Phi) is 8.95. The van der Waals surface area contributed by atoms with Crippen LogP contribution in [-0.2, 0) is 40.5 Å². The van der Waals surface area contributed by atoms with E-state index in [1.54, 1.807) is 0 Å². The molecule has 0 aromatic rings. The maximum Gasteiger partial charge on any atom is 0.284 e. The molecule has 0 saturated carbocycles. The summed E-state index contributed by atoms with van der Waals surface area (Å²) in [6.45, 7) is 0. The van der Waals surface area contributed by atoms with Crippen LogP contribution in [0.5, 0.6) is 0 Å². The van der Waals surface area contributed by atoms with E-state index in [1.807, 2.05) is 0 Å². The highest BCUT2D eigenvalue weighted by Gasteiger charge is 2.36. The summed E-state index contributed by atoms with van der Waals surface area (Å²) in [7, 11) is -18.6. The van der Waals surface area contributed by atoms with E-state index in [4.69, 9.17) is 18.2 Å². The van der Waals surface area contributed by atoms with Crippen molar-refractivity contribution in [1.29, 1.82) is 0 Å². The van der Waals surface area contributed by atoms with Crippen molar-refractivity contribution in [1.82, 2.24) is 0 Å². The Morgan fingerprint density at radius 2 is 0.750 bits per heavy atom. The normalized spacial score (nSPS) is 14.4. The number of hydrogen-bond donors (Lipinski definition) is 4. The van der Waals surface area contributed by atoms with Gasteiger partial charge in [0.1, 0.15) is 0 Å². The fourth-order valence-corrected chi connectivity index (χ4v) is 8.21. The van der Waals surface area contributed by atoms with Crippen LogP contribution < -0.4 is 0 Å². The lowest BCUT2D eigenvalue weighted by Gasteiger charge is -2.11. The third-order valence-corrected chi connectivity index (χ3v) is 11.3. The second-order valence-corrected chi connectivity index (χ2v) is 13.8. The minimum absolute atomic E-state index is 0.225. The van der Waals surface area contributed by atoms with Gasteiger partial charge in [0.15, 0.2) is 0 Å². The first-order valence-electron chi connectivity index (χ1n) is 5.57. The monoisotopic (exact) mass is 470 g/mol. The van der Waals surface area contributed by atoms with E-state index < -0.39 is 62.5 Å². The minimum atomic E-state index is -5.05. The van der Waals surface area contributed by atoms with Crippen molar-refractivity contribution in [3.05, 3.63) is 0 Å². The number of hydrogen-bond acceptors (Lipinski definition) is 10. The van der Waals surface area contributed by atoms with E-state index in [0.717, 1.165) is 21.6 Å². The number of rotatable bonds is 11. The Bertz CT molecular complexity index is 684. The van der Waals surface area contributed by atoms with Crippen molar-refractivity contribution in [3.8, 4) is 0 Å². The highest BCUT2D eigenvalue weighted by Crippen LogP contribution is 2.27. The topological polar surface area (TPSA) is 217 Å². The van der Waals surface area contributed by atoms with Crippen LogP contribution in [-0.4, -0.2) is 72.6 Å². The van der Waals surface area contributed by atoms with Gasteiger partial charge >= 0.3 is 0 Å². The molecule has 0 aliphatic heterocycles. The zero-order chi connectivity index (χ0) is 19.4. The van der Waals surface area contributed by atoms with Gasteiger partial charge in [0, 0.05) is 11.5 Å². The van der Waals surface area contributed by atoms with Gasteiger partial charge in [-0.25, -0.2) is 0 Å². The van der Waals surface area contributed by atoms with E-state index in [2.05, 4.69) is 0 Å². The van der Waals surface area contributed by atoms with Crippen LogP contribution in [0.1, 0.15) is 12.8 Å². The standard InChI is InChI=1S/C6H14O12S6/c7-21(8,9)5(22(10,11)12)1-3-19-20-4-2-6(23(13,14)15)24(16,17)18/h5-6H,1-4H2,(H,7,8,9)(H,10,11,12)(H,13,14,15)(H,16,17,18).